The Morgan fingerprint density at radius 2 is 1.89 bits per heavy atom. The van der Waals surface area contributed by atoms with E-state index in [-0.39, 0.29) is 6.04 Å². The molecule has 0 aromatic heterocycles. The summed E-state index contributed by atoms with van der Waals surface area (Å²) in [6.45, 7) is 6.24. The molecule has 0 aliphatic heterocycles. The third kappa shape index (κ3) is 5.19. The molecule has 106 valence electrons. The van der Waals surface area contributed by atoms with Crippen LogP contribution in [0.1, 0.15) is 52.9 Å². The topological polar surface area (TPSA) is 46.3 Å². The largest absolute Gasteiger partial charge is 0.337 e. The summed E-state index contributed by atoms with van der Waals surface area (Å²) in [7, 11) is 0. The maximum Gasteiger partial charge on any atom is 0.233 e. The molecular weight excluding hydrogens is 244 g/mol. The highest BCUT2D eigenvalue weighted by Crippen LogP contribution is 2.25. The van der Waals surface area contributed by atoms with Crippen LogP contribution in [0.3, 0.4) is 0 Å². The SMILES string of the molecule is CC(N)CSCC(=O)N(C(C)C)C1CCCCC1. The van der Waals surface area contributed by atoms with Crippen LogP contribution in [-0.4, -0.2) is 40.4 Å². The minimum absolute atomic E-state index is 0.171. The molecule has 1 aliphatic carbocycles. The standard InChI is InChI=1S/C14H28N2OS/c1-11(2)16(13-7-5-4-6-8-13)14(17)10-18-9-12(3)15/h11-13H,4-10,15H2,1-3H3. The van der Waals surface area contributed by atoms with Gasteiger partial charge in [0.05, 0.1) is 5.75 Å². The molecule has 1 saturated carbocycles. The molecule has 0 spiro atoms. The van der Waals surface area contributed by atoms with E-state index in [1.807, 2.05) is 6.92 Å². The van der Waals surface area contributed by atoms with Gasteiger partial charge in [-0.05, 0) is 33.6 Å². The van der Waals surface area contributed by atoms with E-state index in [9.17, 15) is 4.79 Å². The van der Waals surface area contributed by atoms with Gasteiger partial charge in [0.25, 0.3) is 0 Å². The molecule has 18 heavy (non-hydrogen) atoms. The van der Waals surface area contributed by atoms with Gasteiger partial charge >= 0.3 is 0 Å². The molecule has 0 saturated heterocycles. The first kappa shape index (κ1) is 15.8. The summed E-state index contributed by atoms with van der Waals surface area (Å²) in [6, 6.07) is 0.962. The zero-order chi connectivity index (χ0) is 13.5. The van der Waals surface area contributed by atoms with E-state index < -0.39 is 0 Å². The van der Waals surface area contributed by atoms with Gasteiger partial charge in [-0.25, -0.2) is 0 Å². The Labute approximate surface area is 116 Å². The Bertz CT molecular complexity index is 250. The number of carbonyl (C=O) groups is 1. The molecule has 1 atom stereocenters. The van der Waals surface area contributed by atoms with Gasteiger partial charge in [0, 0.05) is 23.9 Å². The van der Waals surface area contributed by atoms with Gasteiger partial charge in [-0.1, -0.05) is 19.3 Å². The van der Waals surface area contributed by atoms with Crippen molar-refractivity contribution in [2.24, 2.45) is 5.73 Å². The van der Waals surface area contributed by atoms with Crippen molar-refractivity contribution in [2.45, 2.75) is 71.0 Å². The lowest BCUT2D eigenvalue weighted by Gasteiger charge is -2.37. The summed E-state index contributed by atoms with van der Waals surface area (Å²) in [6.07, 6.45) is 6.24. The number of hydrogen-bond donors (Lipinski definition) is 1. The summed E-state index contributed by atoms with van der Waals surface area (Å²) in [5.41, 5.74) is 5.71. The van der Waals surface area contributed by atoms with Crippen molar-refractivity contribution in [3.05, 3.63) is 0 Å². The molecule has 1 aliphatic rings. The van der Waals surface area contributed by atoms with Crippen molar-refractivity contribution in [3.8, 4) is 0 Å². The first-order valence-corrected chi connectivity index (χ1v) is 8.32. The van der Waals surface area contributed by atoms with Gasteiger partial charge in [-0.2, -0.15) is 11.8 Å². The lowest BCUT2D eigenvalue weighted by molar-refractivity contribution is -0.133. The van der Waals surface area contributed by atoms with Crippen LogP contribution in [0.25, 0.3) is 0 Å². The lowest BCUT2D eigenvalue weighted by Crippen LogP contribution is -2.46. The van der Waals surface area contributed by atoms with Gasteiger partial charge in [-0.15, -0.1) is 0 Å². The van der Waals surface area contributed by atoms with Crippen LogP contribution in [-0.2, 0) is 4.79 Å². The van der Waals surface area contributed by atoms with Crippen LogP contribution in [0, 0.1) is 0 Å². The summed E-state index contributed by atoms with van der Waals surface area (Å²) in [5.74, 6) is 1.74. The maximum absolute atomic E-state index is 12.3. The number of thioether (sulfide) groups is 1. The second-order valence-corrected chi connectivity index (χ2v) is 6.71. The Kier molecular flexibility index (Phi) is 7.08. The molecular formula is C14H28N2OS. The monoisotopic (exact) mass is 272 g/mol. The third-order valence-electron chi connectivity index (χ3n) is 3.42. The second kappa shape index (κ2) is 8.05. The summed E-state index contributed by atoms with van der Waals surface area (Å²) in [5, 5.41) is 0. The minimum Gasteiger partial charge on any atom is -0.337 e. The molecule has 1 unspecified atom stereocenters. The third-order valence-corrected chi connectivity index (χ3v) is 4.63. The molecule has 1 fully saturated rings. The second-order valence-electron chi connectivity index (χ2n) is 5.68. The van der Waals surface area contributed by atoms with E-state index in [1.165, 1.54) is 32.1 Å². The molecule has 1 rings (SSSR count). The highest BCUT2D eigenvalue weighted by Gasteiger charge is 2.27. The number of nitrogens with two attached hydrogens (primary N) is 1. The highest BCUT2D eigenvalue weighted by molar-refractivity contribution is 7.99. The predicted octanol–water partition coefficient (Wildman–Crippen LogP) is 2.64. The van der Waals surface area contributed by atoms with Crippen molar-refractivity contribution >= 4 is 17.7 Å². The van der Waals surface area contributed by atoms with Crippen LogP contribution >= 0.6 is 11.8 Å². The molecule has 4 heteroatoms. The molecule has 1 amide bonds. The van der Waals surface area contributed by atoms with Gasteiger partial charge < -0.3 is 10.6 Å². The summed E-state index contributed by atoms with van der Waals surface area (Å²) < 4.78 is 0. The van der Waals surface area contributed by atoms with E-state index in [0.29, 0.717) is 23.7 Å². The average molecular weight is 272 g/mol. The van der Waals surface area contributed by atoms with Crippen molar-refractivity contribution in [2.75, 3.05) is 11.5 Å². The van der Waals surface area contributed by atoms with Gasteiger partial charge in [0.1, 0.15) is 0 Å². The lowest BCUT2D eigenvalue weighted by atomic mass is 9.93. The number of hydrogen-bond acceptors (Lipinski definition) is 3. The van der Waals surface area contributed by atoms with E-state index in [4.69, 9.17) is 5.73 Å². The van der Waals surface area contributed by atoms with Crippen LogP contribution in [0.4, 0.5) is 0 Å². The van der Waals surface area contributed by atoms with E-state index in [2.05, 4.69) is 18.7 Å². The Balaban J connectivity index is 2.47. The van der Waals surface area contributed by atoms with E-state index >= 15 is 0 Å². The number of rotatable bonds is 6. The number of amides is 1. The van der Waals surface area contributed by atoms with Gasteiger partial charge in [0.15, 0.2) is 0 Å². The van der Waals surface area contributed by atoms with Crippen LogP contribution in [0.5, 0.6) is 0 Å². The molecule has 3 nitrogen and oxygen atoms in total. The molecule has 0 radical (unpaired) electrons. The van der Waals surface area contributed by atoms with Crippen molar-refractivity contribution in [3.63, 3.8) is 0 Å². The fourth-order valence-electron chi connectivity index (χ4n) is 2.68. The van der Waals surface area contributed by atoms with Crippen LogP contribution in [0.15, 0.2) is 0 Å². The van der Waals surface area contributed by atoms with Crippen molar-refractivity contribution in [1.29, 1.82) is 0 Å². The Morgan fingerprint density at radius 1 is 1.28 bits per heavy atom. The fraction of sp³-hybridized carbons (Fsp3) is 0.929. The molecule has 2 N–H and O–H groups in total. The van der Waals surface area contributed by atoms with Gasteiger partial charge in [-0.3, -0.25) is 4.79 Å². The fourth-order valence-corrected chi connectivity index (χ4v) is 3.49. The number of nitrogens with zero attached hydrogens (tertiary/aromatic N) is 1. The van der Waals surface area contributed by atoms with Crippen molar-refractivity contribution in [1.82, 2.24) is 4.90 Å². The highest BCUT2D eigenvalue weighted by atomic mass is 32.2. The predicted molar refractivity (Wildman–Crippen MR) is 79.8 cm³/mol. The molecule has 0 aromatic carbocycles. The van der Waals surface area contributed by atoms with E-state index in [1.54, 1.807) is 11.8 Å². The molecule has 0 heterocycles. The molecule has 0 aromatic rings. The minimum atomic E-state index is 0.171. The van der Waals surface area contributed by atoms with Crippen LogP contribution < -0.4 is 5.73 Å². The van der Waals surface area contributed by atoms with Crippen LogP contribution in [0.2, 0.25) is 0 Å². The normalized spacial score (nSPS) is 18.9. The average Bonchev–Trinajstić information content (AvgIpc) is 2.29. The zero-order valence-corrected chi connectivity index (χ0v) is 12.8. The zero-order valence-electron chi connectivity index (χ0n) is 12.0. The Morgan fingerprint density at radius 3 is 2.39 bits per heavy atom. The summed E-state index contributed by atoms with van der Waals surface area (Å²) >= 11 is 1.66. The first-order valence-electron chi connectivity index (χ1n) is 7.17. The number of carbonyl (C=O) groups excluding carboxylic acids is 1. The first-order chi connectivity index (χ1) is 8.52. The van der Waals surface area contributed by atoms with E-state index in [0.717, 1.165) is 5.75 Å². The van der Waals surface area contributed by atoms with Crippen molar-refractivity contribution < 1.29 is 4.79 Å². The van der Waals surface area contributed by atoms with Gasteiger partial charge in [0.2, 0.25) is 5.91 Å². The molecule has 0 bridgehead atoms. The maximum atomic E-state index is 12.3. The quantitative estimate of drug-likeness (QED) is 0.808. The smallest absolute Gasteiger partial charge is 0.233 e. The Hall–Kier alpha value is -0.220. The summed E-state index contributed by atoms with van der Waals surface area (Å²) in [4.78, 5) is 14.4.